The number of hydrogen-bond acceptors (Lipinski definition) is 4. The number of anilines is 1. The lowest BCUT2D eigenvalue weighted by Crippen LogP contribution is -1.86. The second-order valence-electron chi connectivity index (χ2n) is 3.05. The van der Waals surface area contributed by atoms with Crippen molar-refractivity contribution >= 4 is 18.3 Å². The van der Waals surface area contributed by atoms with Crippen molar-refractivity contribution < 1.29 is 4.39 Å². The van der Waals surface area contributed by atoms with Crippen LogP contribution in [0.15, 0.2) is 41.7 Å². The molecule has 0 bridgehead atoms. The van der Waals surface area contributed by atoms with Gasteiger partial charge in [0.15, 0.2) is 5.82 Å². The Hall–Kier alpha value is -1.62. The summed E-state index contributed by atoms with van der Waals surface area (Å²) in [6.45, 7) is 1.59. The first-order valence-electron chi connectivity index (χ1n) is 4.56. The highest BCUT2D eigenvalue weighted by atomic mass is 32.1. The van der Waals surface area contributed by atoms with Gasteiger partial charge in [0.25, 0.3) is 0 Å². The van der Waals surface area contributed by atoms with Crippen LogP contribution in [0.2, 0.25) is 0 Å². The molecule has 0 atom stereocenters. The average molecular weight is 237 g/mol. The van der Waals surface area contributed by atoms with Crippen molar-refractivity contribution in [3.63, 3.8) is 0 Å². The lowest BCUT2D eigenvalue weighted by molar-refractivity contribution is 0.601. The van der Waals surface area contributed by atoms with E-state index >= 15 is 0 Å². The molecule has 1 aromatic carbocycles. The molecule has 0 unspecified atom stereocenters. The molecule has 2 aromatic rings. The van der Waals surface area contributed by atoms with E-state index in [2.05, 4.69) is 22.6 Å². The molecule has 1 heterocycles. The lowest BCUT2D eigenvalue weighted by atomic mass is 10.3. The summed E-state index contributed by atoms with van der Waals surface area (Å²) in [5.41, 5.74) is 6.56. The molecule has 1 aromatic heterocycles. The van der Waals surface area contributed by atoms with Crippen LogP contribution in [-0.2, 0) is 0 Å². The molecule has 0 aliphatic rings. The molecule has 0 radical (unpaired) electrons. The molecule has 0 saturated heterocycles. The maximum absolute atomic E-state index is 12.2. The van der Waals surface area contributed by atoms with Gasteiger partial charge in [-0.2, -0.15) is 0 Å². The molecule has 0 amide bonds. The summed E-state index contributed by atoms with van der Waals surface area (Å²) in [5.74, 6) is -0.354. The monoisotopic (exact) mass is 237 g/mol. The van der Waals surface area contributed by atoms with Crippen LogP contribution in [0.25, 0.3) is 0 Å². The van der Waals surface area contributed by atoms with Gasteiger partial charge in [-0.15, -0.1) is 12.6 Å². The summed E-state index contributed by atoms with van der Waals surface area (Å²) >= 11 is 4.08. The molecular formula is C11H12FN3S. The van der Waals surface area contributed by atoms with Crippen molar-refractivity contribution in [2.45, 2.75) is 11.8 Å². The van der Waals surface area contributed by atoms with Crippen LogP contribution < -0.4 is 5.73 Å². The molecule has 0 aliphatic heterocycles. The number of aromatic nitrogens is 2. The van der Waals surface area contributed by atoms with Gasteiger partial charge in [0.05, 0.1) is 11.9 Å². The SMILES string of the molecule is Cc1ncncc1F.Nc1ccc(S)cc1. The highest BCUT2D eigenvalue weighted by Crippen LogP contribution is 2.07. The van der Waals surface area contributed by atoms with Gasteiger partial charge < -0.3 is 5.73 Å². The smallest absolute Gasteiger partial charge is 0.162 e. The van der Waals surface area contributed by atoms with E-state index in [0.29, 0.717) is 5.69 Å². The van der Waals surface area contributed by atoms with Crippen molar-refractivity contribution in [1.82, 2.24) is 9.97 Å². The number of nitrogen functional groups attached to an aromatic ring is 1. The number of nitrogens with zero attached hydrogens (tertiary/aromatic N) is 2. The van der Waals surface area contributed by atoms with E-state index in [0.717, 1.165) is 16.8 Å². The molecule has 5 heteroatoms. The molecule has 2 N–H and O–H groups in total. The van der Waals surface area contributed by atoms with Crippen LogP contribution in [0.3, 0.4) is 0 Å². The van der Waals surface area contributed by atoms with E-state index < -0.39 is 0 Å². The molecule has 0 saturated carbocycles. The first-order chi connectivity index (χ1) is 7.59. The molecule has 2 rings (SSSR count). The predicted octanol–water partition coefficient (Wildman–Crippen LogP) is 2.48. The summed E-state index contributed by atoms with van der Waals surface area (Å²) in [5, 5.41) is 0. The number of halogens is 1. The van der Waals surface area contributed by atoms with E-state index in [4.69, 9.17) is 5.73 Å². The third-order valence-corrected chi connectivity index (χ3v) is 2.04. The van der Waals surface area contributed by atoms with Gasteiger partial charge in [-0.3, -0.25) is 0 Å². The van der Waals surface area contributed by atoms with E-state index in [-0.39, 0.29) is 5.82 Å². The minimum absolute atomic E-state index is 0.354. The Morgan fingerprint density at radius 3 is 2.25 bits per heavy atom. The zero-order chi connectivity index (χ0) is 12.0. The zero-order valence-corrected chi connectivity index (χ0v) is 9.66. The molecule has 0 aliphatic carbocycles. The molecule has 0 spiro atoms. The summed E-state index contributed by atoms with van der Waals surface area (Å²) in [6.07, 6.45) is 2.46. The normalized spacial score (nSPS) is 9.19. The van der Waals surface area contributed by atoms with Crippen LogP contribution in [0.1, 0.15) is 5.69 Å². The Morgan fingerprint density at radius 2 is 1.88 bits per heavy atom. The molecular weight excluding hydrogens is 225 g/mol. The Kier molecular flexibility index (Phi) is 4.72. The number of hydrogen-bond donors (Lipinski definition) is 2. The Bertz CT molecular complexity index is 403. The summed E-state index contributed by atoms with van der Waals surface area (Å²) in [4.78, 5) is 8.00. The third-order valence-electron chi connectivity index (χ3n) is 1.74. The minimum atomic E-state index is -0.354. The van der Waals surface area contributed by atoms with Gasteiger partial charge in [-0.05, 0) is 31.2 Å². The predicted molar refractivity (Wildman–Crippen MR) is 64.8 cm³/mol. The Balaban J connectivity index is 0.000000160. The summed E-state index contributed by atoms with van der Waals surface area (Å²) in [6, 6.07) is 7.36. The van der Waals surface area contributed by atoms with Gasteiger partial charge in [0.1, 0.15) is 6.33 Å². The van der Waals surface area contributed by atoms with E-state index in [1.165, 1.54) is 6.33 Å². The lowest BCUT2D eigenvalue weighted by Gasteiger charge is -1.89. The van der Waals surface area contributed by atoms with Gasteiger partial charge in [0.2, 0.25) is 0 Å². The van der Waals surface area contributed by atoms with Crippen LogP contribution in [0.5, 0.6) is 0 Å². The van der Waals surface area contributed by atoms with Crippen molar-refractivity contribution in [3.8, 4) is 0 Å². The largest absolute Gasteiger partial charge is 0.399 e. The highest BCUT2D eigenvalue weighted by molar-refractivity contribution is 7.80. The number of thiol groups is 1. The number of nitrogens with two attached hydrogens (primary N) is 1. The van der Waals surface area contributed by atoms with Crippen LogP contribution in [0.4, 0.5) is 10.1 Å². The van der Waals surface area contributed by atoms with Crippen molar-refractivity contribution in [2.24, 2.45) is 0 Å². The minimum Gasteiger partial charge on any atom is -0.399 e. The van der Waals surface area contributed by atoms with Crippen LogP contribution in [-0.4, -0.2) is 9.97 Å². The van der Waals surface area contributed by atoms with Gasteiger partial charge in [-0.25, -0.2) is 14.4 Å². The summed E-state index contributed by atoms with van der Waals surface area (Å²) < 4.78 is 12.2. The molecule has 16 heavy (non-hydrogen) atoms. The molecule has 0 fully saturated rings. The number of rotatable bonds is 0. The average Bonchev–Trinajstić information content (AvgIpc) is 2.28. The van der Waals surface area contributed by atoms with Crippen LogP contribution >= 0.6 is 12.6 Å². The molecule has 3 nitrogen and oxygen atoms in total. The van der Waals surface area contributed by atoms with E-state index in [1.54, 1.807) is 6.92 Å². The Morgan fingerprint density at radius 1 is 1.25 bits per heavy atom. The van der Waals surface area contributed by atoms with E-state index in [9.17, 15) is 4.39 Å². The van der Waals surface area contributed by atoms with Gasteiger partial charge in [0, 0.05) is 10.6 Å². The summed E-state index contributed by atoms with van der Waals surface area (Å²) in [7, 11) is 0. The first-order valence-corrected chi connectivity index (χ1v) is 5.01. The quantitative estimate of drug-likeness (QED) is 0.546. The topological polar surface area (TPSA) is 51.8 Å². The second-order valence-corrected chi connectivity index (χ2v) is 3.56. The zero-order valence-electron chi connectivity index (χ0n) is 8.76. The first kappa shape index (κ1) is 12.4. The van der Waals surface area contributed by atoms with Crippen molar-refractivity contribution in [1.29, 1.82) is 0 Å². The van der Waals surface area contributed by atoms with Crippen LogP contribution in [0, 0.1) is 12.7 Å². The fourth-order valence-corrected chi connectivity index (χ4v) is 0.997. The van der Waals surface area contributed by atoms with Crippen molar-refractivity contribution in [2.75, 3.05) is 5.73 Å². The van der Waals surface area contributed by atoms with Crippen molar-refractivity contribution in [3.05, 3.63) is 48.3 Å². The van der Waals surface area contributed by atoms with Gasteiger partial charge >= 0.3 is 0 Å². The maximum atomic E-state index is 12.2. The van der Waals surface area contributed by atoms with E-state index in [1.807, 2.05) is 24.3 Å². The third kappa shape index (κ3) is 4.27. The molecule has 84 valence electrons. The van der Waals surface area contributed by atoms with Gasteiger partial charge in [-0.1, -0.05) is 0 Å². The standard InChI is InChI=1S/C6H7NS.C5H5FN2/c7-5-1-3-6(8)4-2-5;1-4-5(6)2-7-3-8-4/h1-4,8H,7H2;2-3H,1H3. The fourth-order valence-electron chi connectivity index (χ4n) is 0.848. The highest BCUT2D eigenvalue weighted by Gasteiger charge is 1.91. The Labute approximate surface area is 99.0 Å². The number of benzene rings is 1. The second kappa shape index (κ2) is 6.07. The fraction of sp³-hybridized carbons (Fsp3) is 0.0909. The number of aryl methyl sites for hydroxylation is 1. The maximum Gasteiger partial charge on any atom is 0.162 e.